The Hall–Kier alpha value is -5.27. The number of alkyl halides is 3. The second-order valence-electron chi connectivity index (χ2n) is 11.3. The molecule has 14 heteroatoms. The average molecular weight is 649 g/mol. The van der Waals surface area contributed by atoms with E-state index in [1.165, 1.54) is 36.0 Å². The van der Waals surface area contributed by atoms with E-state index in [-0.39, 0.29) is 17.3 Å². The number of aromatic nitrogens is 3. The number of nitrogens with zero attached hydrogens (tertiary/aromatic N) is 6. The number of hydrogen-bond acceptors (Lipinski definition) is 7. The minimum Gasteiger partial charge on any atom is -0.353 e. The van der Waals surface area contributed by atoms with Crippen LogP contribution in [0.5, 0.6) is 0 Å². The predicted molar refractivity (Wildman–Crippen MR) is 169 cm³/mol. The van der Waals surface area contributed by atoms with E-state index in [1.54, 1.807) is 21.9 Å². The molecule has 0 saturated carbocycles. The Kier molecular flexibility index (Phi) is 9.18. The fourth-order valence-electron chi connectivity index (χ4n) is 5.79. The molecule has 10 nitrogen and oxygen atoms in total. The largest absolute Gasteiger partial charge is 0.434 e. The third-order valence-corrected chi connectivity index (χ3v) is 8.35. The quantitative estimate of drug-likeness (QED) is 0.247. The van der Waals surface area contributed by atoms with Crippen molar-refractivity contribution in [1.82, 2.24) is 19.9 Å². The van der Waals surface area contributed by atoms with Gasteiger partial charge < -0.3 is 25.3 Å². The van der Waals surface area contributed by atoms with E-state index < -0.39 is 35.2 Å². The van der Waals surface area contributed by atoms with Crippen LogP contribution in [0.1, 0.15) is 40.4 Å². The Labute approximate surface area is 268 Å². The molecule has 2 N–H and O–H groups in total. The summed E-state index contributed by atoms with van der Waals surface area (Å²) in [5, 5.41) is 5.04. The Morgan fingerprint density at radius 1 is 0.766 bits per heavy atom. The van der Waals surface area contributed by atoms with Crippen LogP contribution in [0.3, 0.4) is 0 Å². The van der Waals surface area contributed by atoms with Crippen molar-refractivity contribution >= 4 is 35.1 Å². The molecule has 0 radical (unpaired) electrons. The molecule has 3 amide bonds. The van der Waals surface area contributed by atoms with Gasteiger partial charge >= 0.3 is 12.2 Å². The molecule has 0 unspecified atom stereocenters. The standard InChI is InChI=1S/C33H32F4N8O2/c34-26-8-4-5-9-27(26)41-32(47)45-18-16-43(17-19-45)28-11-10-24(20-38-28)40-30(46)25-21-39-31(42-29(25)33(35,36)37)44-14-12-23(13-15-44)22-6-2-1-3-7-22/h1-11,20-21,23H,12-19H2,(H,40,46)(H,41,47). The van der Waals surface area contributed by atoms with E-state index in [0.29, 0.717) is 51.0 Å². The van der Waals surface area contributed by atoms with Gasteiger partial charge in [0.2, 0.25) is 5.95 Å². The molecule has 244 valence electrons. The number of benzene rings is 2. The van der Waals surface area contributed by atoms with Crippen LogP contribution >= 0.6 is 0 Å². The normalized spacial score (nSPS) is 15.8. The Bertz CT molecular complexity index is 1710. The summed E-state index contributed by atoms with van der Waals surface area (Å²) in [7, 11) is 0. The third kappa shape index (κ3) is 7.42. The summed E-state index contributed by atoms with van der Waals surface area (Å²) in [4.78, 5) is 43.1. The zero-order chi connectivity index (χ0) is 33.0. The van der Waals surface area contributed by atoms with Crippen LogP contribution in [-0.4, -0.2) is 71.1 Å². The Morgan fingerprint density at radius 3 is 2.13 bits per heavy atom. The van der Waals surface area contributed by atoms with Crippen LogP contribution in [0.15, 0.2) is 79.1 Å². The first-order valence-electron chi connectivity index (χ1n) is 15.2. The molecule has 0 aliphatic carbocycles. The van der Waals surface area contributed by atoms with Crippen LogP contribution in [-0.2, 0) is 6.18 Å². The van der Waals surface area contributed by atoms with Crippen LogP contribution in [0.2, 0.25) is 0 Å². The van der Waals surface area contributed by atoms with Crippen LogP contribution in [0, 0.1) is 5.82 Å². The number of hydrogen-bond donors (Lipinski definition) is 2. The number of piperazine rings is 1. The number of piperidine rings is 1. The van der Waals surface area contributed by atoms with Crippen molar-refractivity contribution in [2.45, 2.75) is 24.9 Å². The summed E-state index contributed by atoms with van der Waals surface area (Å²) in [6.07, 6.45) is -1.10. The summed E-state index contributed by atoms with van der Waals surface area (Å²) < 4.78 is 56.2. The number of para-hydroxylation sites is 1. The van der Waals surface area contributed by atoms with E-state index in [2.05, 4.69) is 37.7 Å². The molecule has 4 aromatic rings. The van der Waals surface area contributed by atoms with Crippen LogP contribution in [0.4, 0.5) is 45.5 Å². The van der Waals surface area contributed by atoms with Crippen molar-refractivity contribution in [3.05, 3.63) is 102 Å². The van der Waals surface area contributed by atoms with Gasteiger partial charge in [-0.05, 0) is 48.6 Å². The van der Waals surface area contributed by atoms with Gasteiger partial charge in [0.25, 0.3) is 5.91 Å². The fraction of sp³-hybridized carbons (Fsp3) is 0.303. The van der Waals surface area contributed by atoms with Gasteiger partial charge in [0.1, 0.15) is 11.6 Å². The first kappa shape index (κ1) is 31.7. The number of halogens is 4. The van der Waals surface area contributed by atoms with Crippen molar-refractivity contribution in [2.75, 3.05) is 59.7 Å². The maximum absolute atomic E-state index is 14.1. The minimum atomic E-state index is -4.87. The Balaban J connectivity index is 1.05. The predicted octanol–water partition coefficient (Wildman–Crippen LogP) is 6.02. The van der Waals surface area contributed by atoms with Gasteiger partial charge in [-0.3, -0.25) is 4.79 Å². The van der Waals surface area contributed by atoms with Crippen LogP contribution < -0.4 is 20.4 Å². The van der Waals surface area contributed by atoms with Gasteiger partial charge in [0, 0.05) is 45.5 Å². The number of anilines is 4. The number of urea groups is 1. The molecular formula is C33H32F4N8O2. The second-order valence-corrected chi connectivity index (χ2v) is 11.3. The summed E-state index contributed by atoms with van der Waals surface area (Å²) in [5.74, 6) is -0.712. The van der Waals surface area contributed by atoms with E-state index in [9.17, 15) is 27.2 Å². The maximum atomic E-state index is 14.1. The average Bonchev–Trinajstić information content (AvgIpc) is 3.09. The van der Waals surface area contributed by atoms with Crippen molar-refractivity contribution in [2.24, 2.45) is 0 Å². The first-order chi connectivity index (χ1) is 22.7. The molecule has 0 bridgehead atoms. The zero-order valence-corrected chi connectivity index (χ0v) is 25.3. The van der Waals surface area contributed by atoms with Gasteiger partial charge in [-0.25, -0.2) is 24.1 Å². The number of carbonyl (C=O) groups is 2. The summed E-state index contributed by atoms with van der Waals surface area (Å²) in [6.45, 7) is 2.62. The van der Waals surface area contributed by atoms with Gasteiger partial charge in [-0.15, -0.1) is 0 Å². The molecule has 2 aliphatic heterocycles. The first-order valence-corrected chi connectivity index (χ1v) is 15.2. The lowest BCUT2D eigenvalue weighted by Crippen LogP contribution is -2.50. The molecule has 2 aliphatic rings. The smallest absolute Gasteiger partial charge is 0.353 e. The highest BCUT2D eigenvalue weighted by atomic mass is 19.4. The van der Waals surface area contributed by atoms with E-state index in [1.807, 2.05) is 23.1 Å². The molecule has 2 aromatic carbocycles. The lowest BCUT2D eigenvalue weighted by molar-refractivity contribution is -0.141. The molecule has 0 spiro atoms. The maximum Gasteiger partial charge on any atom is 0.434 e. The highest BCUT2D eigenvalue weighted by Crippen LogP contribution is 2.34. The lowest BCUT2D eigenvalue weighted by Gasteiger charge is -2.35. The van der Waals surface area contributed by atoms with Crippen molar-refractivity contribution in [1.29, 1.82) is 0 Å². The number of amides is 3. The molecule has 6 rings (SSSR count). The summed E-state index contributed by atoms with van der Waals surface area (Å²) in [5.41, 5.74) is -0.491. The summed E-state index contributed by atoms with van der Waals surface area (Å²) in [6, 6.07) is 18.7. The zero-order valence-electron chi connectivity index (χ0n) is 25.3. The second kappa shape index (κ2) is 13.6. The molecule has 2 aromatic heterocycles. The summed E-state index contributed by atoms with van der Waals surface area (Å²) >= 11 is 0. The van der Waals surface area contributed by atoms with Crippen molar-refractivity contribution < 1.29 is 27.2 Å². The van der Waals surface area contributed by atoms with Crippen LogP contribution in [0.25, 0.3) is 0 Å². The third-order valence-electron chi connectivity index (χ3n) is 8.35. The number of rotatable bonds is 6. The van der Waals surface area contributed by atoms with Crippen molar-refractivity contribution in [3.8, 4) is 0 Å². The highest BCUT2D eigenvalue weighted by molar-refractivity contribution is 6.05. The molecule has 4 heterocycles. The molecule has 2 fully saturated rings. The lowest BCUT2D eigenvalue weighted by atomic mass is 9.90. The van der Waals surface area contributed by atoms with E-state index in [4.69, 9.17) is 0 Å². The SMILES string of the molecule is O=C(Nc1ccc(N2CCN(C(=O)Nc3ccccc3F)CC2)nc1)c1cnc(N2CCC(c3ccccc3)CC2)nc1C(F)(F)F. The number of nitrogens with one attached hydrogen (secondary N) is 2. The van der Waals surface area contributed by atoms with E-state index >= 15 is 0 Å². The van der Waals surface area contributed by atoms with Gasteiger partial charge in [-0.1, -0.05) is 42.5 Å². The number of carbonyl (C=O) groups excluding carboxylic acids is 2. The molecular weight excluding hydrogens is 616 g/mol. The number of pyridine rings is 1. The molecule has 47 heavy (non-hydrogen) atoms. The minimum absolute atomic E-state index is 0.0591. The Morgan fingerprint density at radius 2 is 1.47 bits per heavy atom. The molecule has 2 saturated heterocycles. The highest BCUT2D eigenvalue weighted by Gasteiger charge is 2.39. The van der Waals surface area contributed by atoms with Gasteiger partial charge in [0.15, 0.2) is 5.69 Å². The fourth-order valence-corrected chi connectivity index (χ4v) is 5.79. The van der Waals surface area contributed by atoms with E-state index in [0.717, 1.165) is 19.0 Å². The van der Waals surface area contributed by atoms with Gasteiger partial charge in [-0.2, -0.15) is 13.2 Å². The monoisotopic (exact) mass is 648 g/mol. The van der Waals surface area contributed by atoms with Gasteiger partial charge in [0.05, 0.1) is 23.1 Å². The molecule has 0 atom stereocenters. The van der Waals surface area contributed by atoms with Crippen molar-refractivity contribution in [3.63, 3.8) is 0 Å². The topological polar surface area (TPSA) is 107 Å².